The van der Waals surface area contributed by atoms with E-state index in [0.717, 1.165) is 17.7 Å². The Hall–Kier alpha value is -2.86. The molecule has 2 aliphatic heterocycles. The molecule has 4 rings (SSSR count). The fourth-order valence-electron chi connectivity index (χ4n) is 3.54. The van der Waals surface area contributed by atoms with E-state index in [4.69, 9.17) is 4.84 Å². The standard InChI is InChI=1S/C20H21N3O3/c24-19(21-16-9-5-2-6-10-16)18-12-11-17-13-22(18)20(25)23(17)26-14-15-7-3-1-4-8-15/h1-10,17-18H,11-14H2,(H,21,24)/t17-,18+/m1/s1. The third kappa shape index (κ3) is 3.28. The SMILES string of the molecule is O=C(Nc1ccccc1)[C@@H]1CC[C@@H]2CN1C(=O)N2OCc1ccccc1. The number of amides is 3. The molecular weight excluding hydrogens is 330 g/mol. The number of benzene rings is 2. The molecule has 2 fully saturated rings. The Morgan fingerprint density at radius 1 is 1.04 bits per heavy atom. The minimum Gasteiger partial charge on any atom is -0.324 e. The molecule has 2 atom stereocenters. The maximum absolute atomic E-state index is 12.7. The van der Waals surface area contributed by atoms with Crippen molar-refractivity contribution in [2.75, 3.05) is 11.9 Å². The van der Waals surface area contributed by atoms with Gasteiger partial charge in [0.2, 0.25) is 5.91 Å². The monoisotopic (exact) mass is 351 g/mol. The molecule has 3 amide bonds. The van der Waals surface area contributed by atoms with Gasteiger partial charge in [-0.2, -0.15) is 5.06 Å². The molecule has 2 saturated heterocycles. The number of carbonyl (C=O) groups excluding carboxylic acids is 2. The second-order valence-electron chi connectivity index (χ2n) is 6.62. The summed E-state index contributed by atoms with van der Waals surface area (Å²) >= 11 is 0. The third-order valence-electron chi connectivity index (χ3n) is 4.88. The van der Waals surface area contributed by atoms with Crippen molar-refractivity contribution in [1.82, 2.24) is 9.96 Å². The summed E-state index contributed by atoms with van der Waals surface area (Å²) < 4.78 is 0. The Morgan fingerprint density at radius 2 is 1.73 bits per heavy atom. The molecule has 2 aliphatic rings. The van der Waals surface area contributed by atoms with Crippen LogP contribution in [0.4, 0.5) is 10.5 Å². The van der Waals surface area contributed by atoms with Crippen molar-refractivity contribution in [2.24, 2.45) is 0 Å². The van der Waals surface area contributed by atoms with Crippen molar-refractivity contribution in [1.29, 1.82) is 0 Å². The van der Waals surface area contributed by atoms with Gasteiger partial charge in [0.05, 0.1) is 6.04 Å². The maximum atomic E-state index is 12.7. The Kier molecular flexibility index (Phi) is 4.58. The van der Waals surface area contributed by atoms with Crippen LogP contribution in [0.25, 0.3) is 0 Å². The predicted molar refractivity (Wildman–Crippen MR) is 97.1 cm³/mol. The number of para-hydroxylation sites is 1. The number of nitrogens with one attached hydrogen (secondary N) is 1. The average Bonchev–Trinajstić information content (AvgIpc) is 2.92. The van der Waals surface area contributed by atoms with Gasteiger partial charge in [-0.3, -0.25) is 9.63 Å². The van der Waals surface area contributed by atoms with E-state index < -0.39 is 6.04 Å². The molecule has 2 aromatic rings. The van der Waals surface area contributed by atoms with Gasteiger partial charge in [-0.05, 0) is 30.5 Å². The lowest BCUT2D eigenvalue weighted by Crippen LogP contribution is -2.47. The third-order valence-corrected chi connectivity index (χ3v) is 4.88. The van der Waals surface area contributed by atoms with E-state index in [1.54, 1.807) is 4.90 Å². The summed E-state index contributed by atoms with van der Waals surface area (Å²) in [6, 6.07) is 18.4. The predicted octanol–water partition coefficient (Wildman–Crippen LogP) is 3.03. The van der Waals surface area contributed by atoms with Crippen molar-refractivity contribution in [3.63, 3.8) is 0 Å². The highest BCUT2D eigenvalue weighted by molar-refractivity contribution is 5.97. The second kappa shape index (κ2) is 7.17. The lowest BCUT2D eigenvalue weighted by Gasteiger charge is -2.29. The number of anilines is 1. The van der Waals surface area contributed by atoms with E-state index in [1.807, 2.05) is 60.7 Å². The topological polar surface area (TPSA) is 61.9 Å². The highest BCUT2D eigenvalue weighted by atomic mass is 16.7. The molecule has 2 heterocycles. The van der Waals surface area contributed by atoms with Gasteiger partial charge in [0.1, 0.15) is 12.6 Å². The molecule has 134 valence electrons. The number of hydroxylamine groups is 2. The fraction of sp³-hybridized carbons (Fsp3) is 0.300. The Balaban J connectivity index is 1.40. The van der Waals surface area contributed by atoms with Gasteiger partial charge in [0.15, 0.2) is 0 Å². The van der Waals surface area contributed by atoms with Crippen LogP contribution in [0.1, 0.15) is 18.4 Å². The summed E-state index contributed by atoms with van der Waals surface area (Å²) in [5.41, 5.74) is 1.75. The first kappa shape index (κ1) is 16.6. The molecule has 0 unspecified atom stereocenters. The lowest BCUT2D eigenvalue weighted by molar-refractivity contribution is -0.140. The zero-order valence-electron chi connectivity index (χ0n) is 14.4. The van der Waals surface area contributed by atoms with Crippen LogP contribution in [-0.4, -0.2) is 40.5 Å². The quantitative estimate of drug-likeness (QED) is 0.901. The number of urea groups is 1. The summed E-state index contributed by atoms with van der Waals surface area (Å²) in [6.45, 7) is 0.873. The van der Waals surface area contributed by atoms with Gasteiger partial charge >= 0.3 is 6.03 Å². The van der Waals surface area contributed by atoms with E-state index >= 15 is 0 Å². The number of hydrogen-bond donors (Lipinski definition) is 1. The zero-order chi connectivity index (χ0) is 17.9. The molecule has 2 bridgehead atoms. The van der Waals surface area contributed by atoms with Crippen LogP contribution >= 0.6 is 0 Å². The van der Waals surface area contributed by atoms with Crippen LogP contribution in [0.15, 0.2) is 60.7 Å². The number of carbonyl (C=O) groups is 2. The molecule has 1 N–H and O–H groups in total. The van der Waals surface area contributed by atoms with Crippen molar-refractivity contribution in [3.05, 3.63) is 66.2 Å². The maximum Gasteiger partial charge on any atom is 0.345 e. The molecule has 0 spiro atoms. The van der Waals surface area contributed by atoms with Crippen LogP contribution in [0, 0.1) is 0 Å². The smallest absolute Gasteiger partial charge is 0.324 e. The van der Waals surface area contributed by atoms with Crippen molar-refractivity contribution >= 4 is 17.6 Å². The fourth-order valence-corrected chi connectivity index (χ4v) is 3.54. The largest absolute Gasteiger partial charge is 0.345 e. The minimum atomic E-state index is -0.454. The van der Waals surface area contributed by atoms with Crippen molar-refractivity contribution in [3.8, 4) is 0 Å². The van der Waals surface area contributed by atoms with E-state index in [9.17, 15) is 9.59 Å². The highest BCUT2D eigenvalue weighted by Crippen LogP contribution is 2.31. The van der Waals surface area contributed by atoms with Crippen molar-refractivity contribution in [2.45, 2.75) is 31.5 Å². The molecule has 0 aliphatic carbocycles. The molecule has 0 radical (unpaired) electrons. The van der Waals surface area contributed by atoms with Crippen LogP contribution < -0.4 is 5.32 Å². The molecule has 2 aromatic carbocycles. The number of piperidine rings is 1. The van der Waals surface area contributed by atoms with Crippen LogP contribution in [0.3, 0.4) is 0 Å². The Morgan fingerprint density at radius 3 is 2.46 bits per heavy atom. The van der Waals surface area contributed by atoms with E-state index in [1.165, 1.54) is 5.06 Å². The molecule has 6 nitrogen and oxygen atoms in total. The number of fused-ring (bicyclic) bond motifs is 2. The van der Waals surface area contributed by atoms with Gasteiger partial charge < -0.3 is 10.2 Å². The van der Waals surface area contributed by atoms with Gasteiger partial charge in [0.25, 0.3) is 0 Å². The van der Waals surface area contributed by atoms with E-state index in [0.29, 0.717) is 19.6 Å². The molecule has 0 saturated carbocycles. The average molecular weight is 351 g/mol. The number of nitrogens with zero attached hydrogens (tertiary/aromatic N) is 2. The summed E-state index contributed by atoms with van der Waals surface area (Å²) in [5, 5.41) is 4.34. The summed E-state index contributed by atoms with van der Waals surface area (Å²) in [4.78, 5) is 32.7. The number of hydrogen-bond acceptors (Lipinski definition) is 3. The van der Waals surface area contributed by atoms with Gasteiger partial charge in [-0.25, -0.2) is 4.79 Å². The number of rotatable bonds is 5. The molecule has 6 heteroatoms. The van der Waals surface area contributed by atoms with Crippen molar-refractivity contribution < 1.29 is 14.4 Å². The lowest BCUT2D eigenvalue weighted by atomic mass is 10.0. The summed E-state index contributed by atoms with van der Waals surface area (Å²) in [5.74, 6) is -0.145. The van der Waals surface area contributed by atoms with Crippen LogP contribution in [0.5, 0.6) is 0 Å². The summed E-state index contributed by atoms with van der Waals surface area (Å²) in [7, 11) is 0. The first-order chi connectivity index (χ1) is 12.7. The van der Waals surface area contributed by atoms with E-state index in [-0.39, 0.29) is 18.0 Å². The van der Waals surface area contributed by atoms with E-state index in [2.05, 4.69) is 5.32 Å². The summed E-state index contributed by atoms with van der Waals surface area (Å²) in [6.07, 6.45) is 1.39. The van der Waals surface area contributed by atoms with Crippen LogP contribution in [0.2, 0.25) is 0 Å². The Bertz CT molecular complexity index is 781. The van der Waals surface area contributed by atoms with Gasteiger partial charge in [0, 0.05) is 12.2 Å². The molecular formula is C20H21N3O3. The van der Waals surface area contributed by atoms with Gasteiger partial charge in [-0.1, -0.05) is 48.5 Å². The van der Waals surface area contributed by atoms with Crippen LogP contribution in [-0.2, 0) is 16.2 Å². The zero-order valence-corrected chi connectivity index (χ0v) is 14.4. The first-order valence-electron chi connectivity index (χ1n) is 8.85. The highest BCUT2D eigenvalue weighted by Gasteiger charge is 2.47. The second-order valence-corrected chi connectivity index (χ2v) is 6.62. The van der Waals surface area contributed by atoms with Gasteiger partial charge in [-0.15, -0.1) is 0 Å². The Labute approximate surface area is 152 Å². The minimum absolute atomic E-state index is 0.00647. The normalized spacial score (nSPS) is 21.8. The molecule has 26 heavy (non-hydrogen) atoms. The first-order valence-corrected chi connectivity index (χ1v) is 8.85. The molecule has 0 aromatic heterocycles.